The van der Waals surface area contributed by atoms with Crippen molar-refractivity contribution in [3.05, 3.63) is 0 Å². The van der Waals surface area contributed by atoms with Gasteiger partial charge in [-0.3, -0.25) is 19.8 Å². The molecule has 0 aromatic rings. The zero-order valence-electron chi connectivity index (χ0n) is 11.9. The Kier molecular flexibility index (Phi) is 5.06. The summed E-state index contributed by atoms with van der Waals surface area (Å²) in [6.45, 7) is 5.19. The number of hydrogen-bond donors (Lipinski definition) is 3. The minimum Gasteiger partial charge on any atom is -0.338 e. The summed E-state index contributed by atoms with van der Waals surface area (Å²) < 4.78 is 0. The van der Waals surface area contributed by atoms with E-state index in [4.69, 9.17) is 0 Å². The molecule has 1 heterocycles. The molecule has 0 unspecified atom stereocenters. The summed E-state index contributed by atoms with van der Waals surface area (Å²) >= 11 is 0. The van der Waals surface area contributed by atoms with Gasteiger partial charge in [-0.1, -0.05) is 13.8 Å². The summed E-state index contributed by atoms with van der Waals surface area (Å²) in [5, 5.41) is 7.04. The van der Waals surface area contributed by atoms with Crippen LogP contribution in [-0.2, 0) is 9.59 Å². The number of hydrogen-bond acceptors (Lipinski definition) is 4. The molecule has 112 valence electrons. The van der Waals surface area contributed by atoms with E-state index in [1.54, 1.807) is 20.8 Å². The van der Waals surface area contributed by atoms with Gasteiger partial charge >= 0.3 is 12.1 Å². The van der Waals surface area contributed by atoms with Gasteiger partial charge in [-0.05, 0) is 19.8 Å². The predicted octanol–water partition coefficient (Wildman–Crippen LogP) is -0.0573. The standard InChI is InChI=1S/C12H20N4O4/c1-4-12(5-2)9(18)16(11(20)15-12)7-8(17)14-10(19)13-6-3/h4-7H2,1-3H3,(H,15,20)(H2,13,14,17,19). The largest absolute Gasteiger partial charge is 0.338 e. The van der Waals surface area contributed by atoms with Gasteiger partial charge in [0.1, 0.15) is 12.1 Å². The number of amides is 6. The Balaban J connectivity index is 2.69. The zero-order valence-corrected chi connectivity index (χ0v) is 11.9. The molecule has 0 aromatic heterocycles. The molecular weight excluding hydrogens is 264 g/mol. The fourth-order valence-electron chi connectivity index (χ4n) is 2.06. The van der Waals surface area contributed by atoms with E-state index in [2.05, 4.69) is 10.6 Å². The van der Waals surface area contributed by atoms with Crippen LogP contribution in [-0.4, -0.2) is 47.4 Å². The van der Waals surface area contributed by atoms with Crippen LogP contribution >= 0.6 is 0 Å². The first-order chi connectivity index (χ1) is 9.40. The molecule has 1 fully saturated rings. The Bertz CT molecular complexity index is 431. The topological polar surface area (TPSA) is 108 Å². The average molecular weight is 284 g/mol. The van der Waals surface area contributed by atoms with Gasteiger partial charge in [-0.25, -0.2) is 9.59 Å². The van der Waals surface area contributed by atoms with Crippen LogP contribution < -0.4 is 16.0 Å². The van der Waals surface area contributed by atoms with Crippen LogP contribution in [0.3, 0.4) is 0 Å². The Hall–Kier alpha value is -2.12. The van der Waals surface area contributed by atoms with E-state index in [9.17, 15) is 19.2 Å². The van der Waals surface area contributed by atoms with E-state index in [0.29, 0.717) is 19.4 Å². The molecule has 1 aliphatic heterocycles. The highest BCUT2D eigenvalue weighted by Crippen LogP contribution is 2.24. The van der Waals surface area contributed by atoms with E-state index in [1.807, 2.05) is 5.32 Å². The predicted molar refractivity (Wildman–Crippen MR) is 70.8 cm³/mol. The minimum atomic E-state index is -0.941. The highest BCUT2D eigenvalue weighted by atomic mass is 16.2. The number of carbonyl (C=O) groups excluding carboxylic acids is 4. The van der Waals surface area contributed by atoms with Gasteiger partial charge in [0.2, 0.25) is 5.91 Å². The lowest BCUT2D eigenvalue weighted by atomic mass is 9.93. The number of nitrogens with one attached hydrogen (secondary N) is 3. The number of urea groups is 2. The lowest BCUT2D eigenvalue weighted by Crippen LogP contribution is -2.48. The summed E-state index contributed by atoms with van der Waals surface area (Å²) in [6.07, 6.45) is 0.894. The third-order valence-corrected chi connectivity index (χ3v) is 3.35. The molecule has 8 nitrogen and oxygen atoms in total. The Morgan fingerprint density at radius 1 is 1.20 bits per heavy atom. The van der Waals surface area contributed by atoms with Crippen molar-refractivity contribution >= 4 is 23.9 Å². The third-order valence-electron chi connectivity index (χ3n) is 3.35. The molecule has 20 heavy (non-hydrogen) atoms. The van der Waals surface area contributed by atoms with Crippen molar-refractivity contribution in [3.63, 3.8) is 0 Å². The molecule has 0 aliphatic carbocycles. The molecule has 0 aromatic carbocycles. The normalized spacial score (nSPS) is 16.9. The number of carbonyl (C=O) groups is 4. The van der Waals surface area contributed by atoms with Gasteiger partial charge < -0.3 is 10.6 Å². The monoisotopic (exact) mass is 284 g/mol. The fraction of sp³-hybridized carbons (Fsp3) is 0.667. The summed E-state index contributed by atoms with van der Waals surface area (Å²) in [7, 11) is 0. The second kappa shape index (κ2) is 6.36. The summed E-state index contributed by atoms with van der Waals surface area (Å²) in [5.41, 5.74) is -0.941. The third kappa shape index (κ3) is 3.06. The molecule has 0 saturated carbocycles. The molecule has 6 amide bonds. The molecule has 1 saturated heterocycles. The van der Waals surface area contributed by atoms with E-state index in [1.165, 1.54) is 0 Å². The van der Waals surface area contributed by atoms with Crippen LogP contribution in [0.2, 0.25) is 0 Å². The maximum atomic E-state index is 12.2. The van der Waals surface area contributed by atoms with Crippen molar-refractivity contribution in [2.75, 3.05) is 13.1 Å². The molecular formula is C12H20N4O4. The Morgan fingerprint density at radius 2 is 1.80 bits per heavy atom. The minimum absolute atomic E-state index is 0.372. The summed E-state index contributed by atoms with van der Waals surface area (Å²) in [6, 6.07) is -1.26. The molecule has 1 aliphatic rings. The van der Waals surface area contributed by atoms with Crippen molar-refractivity contribution < 1.29 is 19.2 Å². The molecule has 3 N–H and O–H groups in total. The number of rotatable bonds is 5. The molecule has 0 bridgehead atoms. The number of imide groups is 2. The Labute approximate surface area is 117 Å². The van der Waals surface area contributed by atoms with Gasteiger partial charge in [0.25, 0.3) is 5.91 Å². The lowest BCUT2D eigenvalue weighted by Gasteiger charge is -2.22. The first-order valence-electron chi connectivity index (χ1n) is 6.62. The maximum Gasteiger partial charge on any atom is 0.325 e. The van der Waals surface area contributed by atoms with Gasteiger partial charge in [-0.15, -0.1) is 0 Å². The van der Waals surface area contributed by atoms with Crippen LogP contribution in [0.25, 0.3) is 0 Å². The van der Waals surface area contributed by atoms with Crippen molar-refractivity contribution in [2.45, 2.75) is 39.2 Å². The highest BCUT2D eigenvalue weighted by Gasteiger charge is 2.49. The molecule has 0 radical (unpaired) electrons. The second-order valence-corrected chi connectivity index (χ2v) is 4.52. The zero-order chi connectivity index (χ0) is 15.3. The van der Waals surface area contributed by atoms with E-state index in [-0.39, 0.29) is 0 Å². The Morgan fingerprint density at radius 3 is 2.25 bits per heavy atom. The van der Waals surface area contributed by atoms with E-state index in [0.717, 1.165) is 4.90 Å². The maximum absolute atomic E-state index is 12.2. The van der Waals surface area contributed by atoms with Crippen molar-refractivity contribution in [1.29, 1.82) is 0 Å². The first-order valence-corrected chi connectivity index (χ1v) is 6.62. The average Bonchev–Trinajstić information content (AvgIpc) is 2.63. The van der Waals surface area contributed by atoms with Crippen LogP contribution in [0.4, 0.5) is 9.59 Å². The van der Waals surface area contributed by atoms with Crippen molar-refractivity contribution in [2.24, 2.45) is 0 Å². The van der Waals surface area contributed by atoms with Gasteiger partial charge in [-0.2, -0.15) is 0 Å². The molecule has 1 rings (SSSR count). The quantitative estimate of drug-likeness (QED) is 0.615. The SMILES string of the molecule is CCNC(=O)NC(=O)CN1C(=O)NC(CC)(CC)C1=O. The van der Waals surface area contributed by atoms with Crippen molar-refractivity contribution in [1.82, 2.24) is 20.9 Å². The van der Waals surface area contributed by atoms with Crippen LogP contribution in [0.5, 0.6) is 0 Å². The fourth-order valence-corrected chi connectivity index (χ4v) is 2.06. The summed E-state index contributed by atoms with van der Waals surface area (Å²) in [5.74, 6) is -1.14. The smallest absolute Gasteiger partial charge is 0.325 e. The van der Waals surface area contributed by atoms with Crippen LogP contribution in [0, 0.1) is 0 Å². The highest BCUT2D eigenvalue weighted by molar-refractivity contribution is 6.09. The van der Waals surface area contributed by atoms with E-state index >= 15 is 0 Å². The molecule has 8 heteroatoms. The first kappa shape index (κ1) is 15.9. The lowest BCUT2D eigenvalue weighted by molar-refractivity contribution is -0.134. The number of nitrogens with zero attached hydrogens (tertiary/aromatic N) is 1. The molecule has 0 atom stereocenters. The van der Waals surface area contributed by atoms with Gasteiger partial charge in [0.05, 0.1) is 0 Å². The molecule has 0 spiro atoms. The van der Waals surface area contributed by atoms with E-state index < -0.39 is 36.0 Å². The second-order valence-electron chi connectivity index (χ2n) is 4.52. The van der Waals surface area contributed by atoms with Crippen LogP contribution in [0.1, 0.15) is 33.6 Å². The van der Waals surface area contributed by atoms with Crippen molar-refractivity contribution in [3.8, 4) is 0 Å². The van der Waals surface area contributed by atoms with Gasteiger partial charge in [0.15, 0.2) is 0 Å². The van der Waals surface area contributed by atoms with Gasteiger partial charge in [0, 0.05) is 6.54 Å². The summed E-state index contributed by atoms with van der Waals surface area (Å²) in [4.78, 5) is 47.6. The van der Waals surface area contributed by atoms with Crippen LogP contribution in [0.15, 0.2) is 0 Å².